The van der Waals surface area contributed by atoms with Gasteiger partial charge in [-0.1, -0.05) is 52.0 Å². The maximum Gasteiger partial charge on any atom is 0.0945 e. The number of imidazole rings is 1. The van der Waals surface area contributed by atoms with Crippen molar-refractivity contribution in [3.05, 3.63) is 54.1 Å². The topological polar surface area (TPSA) is 17.8 Å². The number of hydrogen-bond acceptors (Lipinski definition) is 3. The van der Waals surface area contributed by atoms with Crippen LogP contribution in [0.1, 0.15) is 51.7 Å². The summed E-state index contributed by atoms with van der Waals surface area (Å²) in [5.41, 5.74) is 3.09. The van der Waals surface area contributed by atoms with E-state index in [-0.39, 0.29) is 9.49 Å². The number of hydrogen-bond donors (Lipinski definition) is 0. The fourth-order valence-corrected chi connectivity index (χ4v) is 7.02. The third-order valence-corrected chi connectivity index (χ3v) is 8.15. The molecule has 1 aliphatic heterocycles. The molecule has 2 atom stereocenters. The first kappa shape index (κ1) is 17.9. The molecule has 3 rings (SSSR count). The van der Waals surface area contributed by atoms with Crippen LogP contribution in [0.5, 0.6) is 0 Å². The highest BCUT2D eigenvalue weighted by Crippen LogP contribution is 2.55. The summed E-state index contributed by atoms with van der Waals surface area (Å²) in [5, 5.41) is 0.719. The molecule has 0 bridgehead atoms. The van der Waals surface area contributed by atoms with Gasteiger partial charge in [0.2, 0.25) is 0 Å². The number of rotatable bonds is 4. The standard InChI is InChI=1S/C20H28N2S2/c1-16-9-14-23-20(24-16,10-12-22-13-11-21-15-22)18-7-5-17(6-8-18)19(2,3)4/h5-8,11,13,15-16H,9-10,12,14H2,1-4H3. The molecular formula is C20H28N2S2. The van der Waals surface area contributed by atoms with E-state index in [1.807, 2.05) is 12.5 Å². The lowest BCUT2D eigenvalue weighted by atomic mass is 9.86. The predicted molar refractivity (Wildman–Crippen MR) is 108 cm³/mol. The third-order valence-electron chi connectivity index (χ3n) is 4.70. The average Bonchev–Trinajstić information content (AvgIpc) is 3.06. The van der Waals surface area contributed by atoms with Crippen LogP contribution in [-0.2, 0) is 16.0 Å². The Morgan fingerprint density at radius 1 is 1.25 bits per heavy atom. The van der Waals surface area contributed by atoms with Crippen LogP contribution >= 0.6 is 23.5 Å². The van der Waals surface area contributed by atoms with E-state index < -0.39 is 0 Å². The Labute approximate surface area is 154 Å². The molecule has 0 spiro atoms. The largest absolute Gasteiger partial charge is 0.337 e. The SMILES string of the molecule is CC1CCSC(CCn2ccnc2)(c2ccc(C(C)(C)C)cc2)S1. The Balaban J connectivity index is 1.86. The molecule has 1 saturated heterocycles. The molecule has 1 aromatic carbocycles. The van der Waals surface area contributed by atoms with E-state index in [2.05, 4.69) is 91.2 Å². The molecular weight excluding hydrogens is 332 g/mol. The molecule has 24 heavy (non-hydrogen) atoms. The van der Waals surface area contributed by atoms with Crippen LogP contribution in [0, 0.1) is 0 Å². The smallest absolute Gasteiger partial charge is 0.0945 e. The molecule has 2 unspecified atom stereocenters. The minimum absolute atomic E-state index is 0.165. The maximum atomic E-state index is 4.18. The van der Waals surface area contributed by atoms with Crippen LogP contribution in [0.4, 0.5) is 0 Å². The number of nitrogens with zero attached hydrogens (tertiary/aromatic N) is 2. The van der Waals surface area contributed by atoms with Crippen LogP contribution in [-0.4, -0.2) is 20.6 Å². The first-order valence-corrected chi connectivity index (χ1v) is 10.6. The van der Waals surface area contributed by atoms with E-state index in [1.165, 1.54) is 23.3 Å². The molecule has 0 saturated carbocycles. The Morgan fingerprint density at radius 2 is 2.00 bits per heavy atom. The van der Waals surface area contributed by atoms with Crippen molar-refractivity contribution in [2.45, 2.75) is 61.8 Å². The molecule has 2 heterocycles. The lowest BCUT2D eigenvalue weighted by Crippen LogP contribution is -2.28. The van der Waals surface area contributed by atoms with Crippen molar-refractivity contribution in [1.29, 1.82) is 0 Å². The zero-order valence-electron chi connectivity index (χ0n) is 15.2. The Bertz CT molecular complexity index is 643. The summed E-state index contributed by atoms with van der Waals surface area (Å²) < 4.78 is 2.37. The molecule has 2 nitrogen and oxygen atoms in total. The number of aromatic nitrogens is 2. The summed E-state index contributed by atoms with van der Waals surface area (Å²) in [6.45, 7) is 10.2. The summed E-state index contributed by atoms with van der Waals surface area (Å²) in [5.74, 6) is 1.25. The first-order valence-electron chi connectivity index (χ1n) is 8.78. The molecule has 1 aromatic heterocycles. The van der Waals surface area contributed by atoms with Crippen LogP contribution in [0.15, 0.2) is 43.0 Å². The fourth-order valence-electron chi connectivity index (χ4n) is 3.15. The van der Waals surface area contributed by atoms with Gasteiger partial charge in [0.05, 0.1) is 10.4 Å². The van der Waals surface area contributed by atoms with Crippen molar-refractivity contribution in [3.63, 3.8) is 0 Å². The van der Waals surface area contributed by atoms with Gasteiger partial charge in [-0.2, -0.15) is 0 Å². The quantitative estimate of drug-likeness (QED) is 0.698. The van der Waals surface area contributed by atoms with Crippen molar-refractivity contribution in [2.75, 3.05) is 5.75 Å². The average molecular weight is 361 g/mol. The minimum atomic E-state index is 0.165. The Morgan fingerprint density at radius 3 is 2.58 bits per heavy atom. The van der Waals surface area contributed by atoms with E-state index in [1.54, 1.807) is 0 Å². The van der Waals surface area contributed by atoms with E-state index in [0.29, 0.717) is 0 Å². The molecule has 0 radical (unpaired) electrons. The second kappa shape index (κ2) is 7.17. The maximum absolute atomic E-state index is 4.18. The summed E-state index contributed by atoms with van der Waals surface area (Å²) >= 11 is 4.28. The van der Waals surface area contributed by atoms with Crippen molar-refractivity contribution >= 4 is 23.5 Å². The number of thioether (sulfide) groups is 2. The third kappa shape index (κ3) is 4.02. The molecule has 4 heteroatoms. The monoisotopic (exact) mass is 360 g/mol. The molecule has 0 N–H and O–H groups in total. The second-order valence-corrected chi connectivity index (χ2v) is 11.1. The van der Waals surface area contributed by atoms with Gasteiger partial charge in [0.15, 0.2) is 0 Å². The normalized spacial score (nSPS) is 24.9. The van der Waals surface area contributed by atoms with E-state index in [4.69, 9.17) is 0 Å². The van der Waals surface area contributed by atoms with Gasteiger partial charge < -0.3 is 4.57 Å². The summed E-state index contributed by atoms with van der Waals surface area (Å²) in [4.78, 5) is 4.18. The van der Waals surface area contributed by atoms with Crippen molar-refractivity contribution in [2.24, 2.45) is 0 Å². The summed E-state index contributed by atoms with van der Waals surface area (Å²) in [6, 6.07) is 9.39. The van der Waals surface area contributed by atoms with Gasteiger partial charge in [-0.3, -0.25) is 0 Å². The van der Waals surface area contributed by atoms with Crippen molar-refractivity contribution < 1.29 is 0 Å². The zero-order chi connectivity index (χ0) is 17.2. The highest BCUT2D eigenvalue weighted by molar-refractivity contribution is 8.18. The molecule has 1 fully saturated rings. The minimum Gasteiger partial charge on any atom is -0.337 e. The van der Waals surface area contributed by atoms with Crippen LogP contribution < -0.4 is 0 Å². The molecule has 0 aliphatic carbocycles. The van der Waals surface area contributed by atoms with E-state index in [0.717, 1.165) is 18.2 Å². The van der Waals surface area contributed by atoms with Gasteiger partial charge >= 0.3 is 0 Å². The van der Waals surface area contributed by atoms with Gasteiger partial charge in [-0.25, -0.2) is 4.98 Å². The summed E-state index contributed by atoms with van der Waals surface area (Å²) in [6.07, 6.45) is 8.31. The van der Waals surface area contributed by atoms with Crippen molar-refractivity contribution in [1.82, 2.24) is 9.55 Å². The van der Waals surface area contributed by atoms with Gasteiger partial charge in [0.25, 0.3) is 0 Å². The van der Waals surface area contributed by atoms with Gasteiger partial charge in [0, 0.05) is 24.2 Å². The Hall–Kier alpha value is -0.870. The van der Waals surface area contributed by atoms with Gasteiger partial charge in [-0.05, 0) is 35.1 Å². The molecule has 130 valence electrons. The van der Waals surface area contributed by atoms with E-state index in [9.17, 15) is 0 Å². The molecule has 1 aliphatic rings. The van der Waals surface area contributed by atoms with Crippen LogP contribution in [0.3, 0.4) is 0 Å². The summed E-state index contributed by atoms with van der Waals surface area (Å²) in [7, 11) is 0. The van der Waals surface area contributed by atoms with Gasteiger partial charge in [-0.15, -0.1) is 23.5 Å². The van der Waals surface area contributed by atoms with Gasteiger partial charge in [0.1, 0.15) is 0 Å². The number of benzene rings is 1. The Kier molecular flexibility index (Phi) is 5.36. The highest BCUT2D eigenvalue weighted by atomic mass is 32.2. The zero-order valence-corrected chi connectivity index (χ0v) is 16.8. The van der Waals surface area contributed by atoms with E-state index >= 15 is 0 Å². The predicted octanol–water partition coefficient (Wildman–Crippen LogP) is 5.68. The van der Waals surface area contributed by atoms with Crippen molar-refractivity contribution in [3.8, 4) is 0 Å². The van der Waals surface area contributed by atoms with Crippen LogP contribution in [0.25, 0.3) is 0 Å². The first-order chi connectivity index (χ1) is 11.4. The number of aryl methyl sites for hydroxylation is 1. The fraction of sp³-hybridized carbons (Fsp3) is 0.550. The second-order valence-electron chi connectivity index (χ2n) is 7.70. The van der Waals surface area contributed by atoms with Crippen LogP contribution in [0.2, 0.25) is 0 Å². The lowest BCUT2D eigenvalue weighted by molar-refractivity contribution is 0.587. The molecule has 0 amide bonds. The highest BCUT2D eigenvalue weighted by Gasteiger charge is 2.38. The lowest BCUT2D eigenvalue weighted by Gasteiger charge is -2.40. The molecule has 2 aromatic rings.